The van der Waals surface area contributed by atoms with Gasteiger partial charge in [0.25, 0.3) is 0 Å². The molecule has 1 aromatic carbocycles. The van der Waals surface area contributed by atoms with Crippen LogP contribution >= 0.6 is 0 Å². The van der Waals surface area contributed by atoms with Gasteiger partial charge in [-0.05, 0) is 49.3 Å². The van der Waals surface area contributed by atoms with Gasteiger partial charge >= 0.3 is 0 Å². The van der Waals surface area contributed by atoms with Crippen LogP contribution in [0.2, 0.25) is 0 Å². The Morgan fingerprint density at radius 2 is 2.05 bits per heavy atom. The topological polar surface area (TPSA) is 66.6 Å². The molecule has 1 unspecified atom stereocenters. The largest absolute Gasteiger partial charge is 0.508 e. The van der Waals surface area contributed by atoms with Crippen molar-refractivity contribution in [1.29, 1.82) is 0 Å². The Labute approximate surface area is 120 Å². The molecule has 1 fully saturated rings. The Morgan fingerprint density at radius 3 is 2.60 bits per heavy atom. The minimum Gasteiger partial charge on any atom is -0.508 e. The molecule has 0 aliphatic heterocycles. The highest BCUT2D eigenvalue weighted by molar-refractivity contribution is 5.82. The van der Waals surface area contributed by atoms with E-state index in [1.54, 1.807) is 12.1 Å². The van der Waals surface area contributed by atoms with Crippen molar-refractivity contribution in [3.8, 4) is 5.75 Å². The van der Waals surface area contributed by atoms with E-state index >= 15 is 0 Å². The zero-order valence-corrected chi connectivity index (χ0v) is 12.1. The highest BCUT2D eigenvalue weighted by Crippen LogP contribution is 2.30. The van der Waals surface area contributed by atoms with E-state index in [1.807, 2.05) is 17.0 Å². The van der Waals surface area contributed by atoms with Gasteiger partial charge in [0, 0.05) is 13.1 Å². The summed E-state index contributed by atoms with van der Waals surface area (Å²) in [5.41, 5.74) is 7.04. The van der Waals surface area contributed by atoms with Gasteiger partial charge in [0.2, 0.25) is 5.91 Å². The van der Waals surface area contributed by atoms with Crippen molar-refractivity contribution in [1.82, 2.24) is 4.90 Å². The van der Waals surface area contributed by atoms with E-state index in [2.05, 4.69) is 6.92 Å². The van der Waals surface area contributed by atoms with Crippen LogP contribution < -0.4 is 5.73 Å². The first-order valence-electron chi connectivity index (χ1n) is 7.42. The SMILES string of the molecule is CCCN(CC1CC1)C(=O)C(N)Cc1ccc(O)cc1. The summed E-state index contributed by atoms with van der Waals surface area (Å²) in [5, 5.41) is 9.26. The van der Waals surface area contributed by atoms with Gasteiger partial charge in [0.05, 0.1) is 6.04 Å². The second-order valence-electron chi connectivity index (χ2n) is 5.70. The maximum absolute atomic E-state index is 12.4. The van der Waals surface area contributed by atoms with Crippen molar-refractivity contribution < 1.29 is 9.90 Å². The molecule has 20 heavy (non-hydrogen) atoms. The number of phenolic OH excluding ortho intramolecular Hbond substituents is 1. The zero-order valence-electron chi connectivity index (χ0n) is 12.1. The van der Waals surface area contributed by atoms with E-state index < -0.39 is 6.04 Å². The first-order chi connectivity index (χ1) is 9.60. The second-order valence-corrected chi connectivity index (χ2v) is 5.70. The van der Waals surface area contributed by atoms with Gasteiger partial charge in [-0.1, -0.05) is 19.1 Å². The average Bonchev–Trinajstić information content (AvgIpc) is 3.24. The summed E-state index contributed by atoms with van der Waals surface area (Å²) >= 11 is 0. The number of hydrogen-bond donors (Lipinski definition) is 2. The fraction of sp³-hybridized carbons (Fsp3) is 0.562. The van der Waals surface area contributed by atoms with Crippen LogP contribution in [0.15, 0.2) is 24.3 Å². The summed E-state index contributed by atoms with van der Waals surface area (Å²) in [5.74, 6) is 0.966. The van der Waals surface area contributed by atoms with Crippen molar-refractivity contribution in [2.24, 2.45) is 11.7 Å². The monoisotopic (exact) mass is 276 g/mol. The van der Waals surface area contributed by atoms with Crippen molar-refractivity contribution in [3.63, 3.8) is 0 Å². The lowest BCUT2D eigenvalue weighted by Gasteiger charge is -2.25. The first kappa shape index (κ1) is 14.9. The smallest absolute Gasteiger partial charge is 0.239 e. The molecule has 1 amide bonds. The van der Waals surface area contributed by atoms with Gasteiger partial charge < -0.3 is 15.7 Å². The molecule has 2 rings (SSSR count). The number of phenols is 1. The minimum atomic E-state index is -0.496. The number of nitrogens with two attached hydrogens (primary N) is 1. The lowest BCUT2D eigenvalue weighted by atomic mass is 10.1. The normalized spacial score (nSPS) is 15.9. The molecular weight excluding hydrogens is 252 g/mol. The Bertz CT molecular complexity index is 440. The maximum Gasteiger partial charge on any atom is 0.239 e. The van der Waals surface area contributed by atoms with E-state index in [0.717, 1.165) is 25.1 Å². The van der Waals surface area contributed by atoms with Crippen molar-refractivity contribution in [2.75, 3.05) is 13.1 Å². The minimum absolute atomic E-state index is 0.0480. The molecule has 4 heteroatoms. The van der Waals surface area contributed by atoms with Crippen LogP contribution in [0.4, 0.5) is 0 Å². The number of amides is 1. The van der Waals surface area contributed by atoms with E-state index in [0.29, 0.717) is 12.3 Å². The van der Waals surface area contributed by atoms with Crippen molar-refractivity contribution in [2.45, 2.75) is 38.6 Å². The number of hydrogen-bond acceptors (Lipinski definition) is 3. The molecule has 1 aliphatic carbocycles. The number of nitrogens with zero attached hydrogens (tertiary/aromatic N) is 1. The summed E-state index contributed by atoms with van der Waals surface area (Å²) in [6.45, 7) is 3.73. The third kappa shape index (κ3) is 4.23. The van der Waals surface area contributed by atoms with Crippen molar-refractivity contribution >= 4 is 5.91 Å². The van der Waals surface area contributed by atoms with Crippen LogP contribution in [0.5, 0.6) is 5.75 Å². The molecule has 0 spiro atoms. The lowest BCUT2D eigenvalue weighted by Crippen LogP contribution is -2.46. The Kier molecular flexibility index (Phi) is 5.01. The molecule has 1 aromatic rings. The molecule has 0 bridgehead atoms. The molecule has 0 heterocycles. The molecule has 3 N–H and O–H groups in total. The summed E-state index contributed by atoms with van der Waals surface area (Å²) in [4.78, 5) is 14.3. The number of carbonyl (C=O) groups is 1. The Morgan fingerprint density at radius 1 is 1.40 bits per heavy atom. The van der Waals surface area contributed by atoms with Crippen LogP contribution in [0.3, 0.4) is 0 Å². The fourth-order valence-corrected chi connectivity index (χ4v) is 2.38. The molecule has 4 nitrogen and oxygen atoms in total. The maximum atomic E-state index is 12.4. The molecular formula is C16H24N2O2. The van der Waals surface area contributed by atoms with Gasteiger partial charge in [-0.3, -0.25) is 4.79 Å². The highest BCUT2D eigenvalue weighted by Gasteiger charge is 2.28. The van der Waals surface area contributed by atoms with Gasteiger partial charge in [-0.15, -0.1) is 0 Å². The molecule has 0 radical (unpaired) electrons. The average molecular weight is 276 g/mol. The van der Waals surface area contributed by atoms with Gasteiger partial charge in [-0.25, -0.2) is 0 Å². The zero-order chi connectivity index (χ0) is 14.5. The van der Waals surface area contributed by atoms with Crippen LogP contribution in [0, 0.1) is 5.92 Å². The summed E-state index contributed by atoms with van der Waals surface area (Å²) in [6, 6.07) is 6.38. The van der Waals surface area contributed by atoms with Crippen LogP contribution in [-0.4, -0.2) is 35.0 Å². The Hall–Kier alpha value is -1.55. The summed E-state index contributed by atoms with van der Waals surface area (Å²) in [7, 11) is 0. The number of benzene rings is 1. The second kappa shape index (κ2) is 6.75. The van der Waals surface area contributed by atoms with Gasteiger partial charge in [0.15, 0.2) is 0 Å². The van der Waals surface area contributed by atoms with Crippen LogP contribution in [0.25, 0.3) is 0 Å². The van der Waals surface area contributed by atoms with E-state index in [-0.39, 0.29) is 11.7 Å². The first-order valence-corrected chi connectivity index (χ1v) is 7.42. The number of aromatic hydroxyl groups is 1. The molecule has 0 saturated heterocycles. The quantitative estimate of drug-likeness (QED) is 0.799. The highest BCUT2D eigenvalue weighted by atomic mass is 16.3. The predicted octanol–water partition coefficient (Wildman–Crippen LogP) is 1.91. The van der Waals surface area contributed by atoms with Gasteiger partial charge in [0.1, 0.15) is 5.75 Å². The lowest BCUT2D eigenvalue weighted by molar-refractivity contribution is -0.132. The van der Waals surface area contributed by atoms with E-state index in [4.69, 9.17) is 5.73 Å². The molecule has 110 valence electrons. The molecule has 1 saturated carbocycles. The molecule has 0 aromatic heterocycles. The number of rotatable bonds is 7. The summed E-state index contributed by atoms with van der Waals surface area (Å²) < 4.78 is 0. The van der Waals surface area contributed by atoms with Crippen LogP contribution in [0.1, 0.15) is 31.7 Å². The van der Waals surface area contributed by atoms with Crippen molar-refractivity contribution in [3.05, 3.63) is 29.8 Å². The van der Waals surface area contributed by atoms with E-state index in [9.17, 15) is 9.90 Å². The van der Waals surface area contributed by atoms with E-state index in [1.165, 1.54) is 12.8 Å². The third-order valence-electron chi connectivity index (χ3n) is 3.69. The van der Waals surface area contributed by atoms with Crippen LogP contribution in [-0.2, 0) is 11.2 Å². The van der Waals surface area contributed by atoms with Gasteiger partial charge in [-0.2, -0.15) is 0 Å². The standard InChI is InChI=1S/C16H24N2O2/c1-2-9-18(11-13-3-4-13)16(20)15(17)10-12-5-7-14(19)8-6-12/h5-8,13,15,19H,2-4,9-11,17H2,1H3. The third-order valence-corrected chi connectivity index (χ3v) is 3.69. The molecule has 1 aliphatic rings. The molecule has 1 atom stereocenters. The number of carbonyl (C=O) groups excluding carboxylic acids is 1. The Balaban J connectivity index is 1.92. The summed E-state index contributed by atoms with van der Waals surface area (Å²) in [6.07, 6.45) is 3.95. The fourth-order valence-electron chi connectivity index (χ4n) is 2.38. The predicted molar refractivity (Wildman–Crippen MR) is 79.4 cm³/mol.